The number of likely N-dealkylation sites (tertiary alicyclic amines) is 1. The van der Waals surface area contributed by atoms with Crippen LogP contribution in [0.1, 0.15) is 28.8 Å². The molecular formula is C12H15NO2. The number of aromatic hydroxyl groups is 1. The van der Waals surface area contributed by atoms with Gasteiger partial charge in [-0.05, 0) is 31.4 Å². The highest BCUT2D eigenvalue weighted by molar-refractivity contribution is 5.98. The monoisotopic (exact) mass is 205 g/mol. The van der Waals surface area contributed by atoms with E-state index in [-0.39, 0.29) is 11.7 Å². The Kier molecular flexibility index (Phi) is 2.62. The molecule has 0 saturated carbocycles. The molecule has 1 saturated heterocycles. The summed E-state index contributed by atoms with van der Waals surface area (Å²) in [6.07, 6.45) is 2.14. The first kappa shape index (κ1) is 10.0. The van der Waals surface area contributed by atoms with Crippen LogP contribution in [0.25, 0.3) is 0 Å². The number of hydrogen-bond donors (Lipinski definition) is 1. The molecule has 3 heteroatoms. The molecule has 0 unspecified atom stereocenters. The maximum Gasteiger partial charge on any atom is 0.257 e. The van der Waals surface area contributed by atoms with Crippen LogP contribution in [0.2, 0.25) is 0 Å². The molecule has 1 aliphatic rings. The number of rotatable bonds is 1. The van der Waals surface area contributed by atoms with Crippen LogP contribution in [0, 0.1) is 6.92 Å². The summed E-state index contributed by atoms with van der Waals surface area (Å²) < 4.78 is 0. The van der Waals surface area contributed by atoms with Gasteiger partial charge in [-0.2, -0.15) is 0 Å². The highest BCUT2D eigenvalue weighted by Gasteiger charge is 2.22. The highest BCUT2D eigenvalue weighted by Crippen LogP contribution is 2.23. The molecule has 0 bridgehead atoms. The van der Waals surface area contributed by atoms with Gasteiger partial charge in [0.15, 0.2) is 0 Å². The Hall–Kier alpha value is -1.51. The number of carbonyl (C=O) groups excluding carboxylic acids is 1. The van der Waals surface area contributed by atoms with Gasteiger partial charge in [-0.1, -0.05) is 12.1 Å². The van der Waals surface area contributed by atoms with Crippen molar-refractivity contribution in [1.82, 2.24) is 4.90 Å². The van der Waals surface area contributed by atoms with Crippen molar-refractivity contribution in [1.29, 1.82) is 0 Å². The number of nitrogens with zero attached hydrogens (tertiary/aromatic N) is 1. The van der Waals surface area contributed by atoms with Crippen molar-refractivity contribution in [3.63, 3.8) is 0 Å². The molecule has 0 aromatic heterocycles. The summed E-state index contributed by atoms with van der Waals surface area (Å²) in [7, 11) is 0. The molecular weight excluding hydrogens is 190 g/mol. The van der Waals surface area contributed by atoms with E-state index in [1.807, 2.05) is 17.9 Å². The summed E-state index contributed by atoms with van der Waals surface area (Å²) in [6, 6.07) is 5.17. The minimum Gasteiger partial charge on any atom is -0.507 e. The van der Waals surface area contributed by atoms with E-state index in [0.717, 1.165) is 31.5 Å². The fraction of sp³-hybridized carbons (Fsp3) is 0.417. The molecule has 3 nitrogen and oxygen atoms in total. The molecule has 0 atom stereocenters. The van der Waals surface area contributed by atoms with Crippen molar-refractivity contribution < 1.29 is 9.90 Å². The van der Waals surface area contributed by atoms with Crippen LogP contribution in [0.4, 0.5) is 0 Å². The number of hydrogen-bond acceptors (Lipinski definition) is 2. The molecule has 1 aliphatic heterocycles. The Morgan fingerprint density at radius 3 is 2.60 bits per heavy atom. The quantitative estimate of drug-likeness (QED) is 0.761. The van der Waals surface area contributed by atoms with E-state index in [1.165, 1.54) is 0 Å². The van der Waals surface area contributed by atoms with Crippen LogP contribution in [0.3, 0.4) is 0 Å². The van der Waals surface area contributed by atoms with Gasteiger partial charge in [0.2, 0.25) is 0 Å². The number of benzene rings is 1. The fourth-order valence-electron chi connectivity index (χ4n) is 2.01. The first-order chi connectivity index (χ1) is 7.20. The van der Waals surface area contributed by atoms with Gasteiger partial charge in [-0.15, -0.1) is 0 Å². The Bertz CT molecular complexity index is 361. The topological polar surface area (TPSA) is 40.5 Å². The number of phenols is 1. The minimum absolute atomic E-state index is 0.0388. The second-order valence-electron chi connectivity index (χ2n) is 3.97. The van der Waals surface area contributed by atoms with Crippen LogP contribution in [0.5, 0.6) is 5.75 Å². The standard InChI is InChI=1S/C12H15NO2/c1-9-5-4-6-10(14)11(9)12(15)13-7-2-3-8-13/h4-6,14H,2-3,7-8H2,1H3. The van der Waals surface area contributed by atoms with Crippen LogP contribution >= 0.6 is 0 Å². The first-order valence-electron chi connectivity index (χ1n) is 5.28. The van der Waals surface area contributed by atoms with E-state index >= 15 is 0 Å². The smallest absolute Gasteiger partial charge is 0.257 e. The maximum atomic E-state index is 12.1. The predicted molar refractivity (Wildman–Crippen MR) is 58.0 cm³/mol. The Morgan fingerprint density at radius 2 is 2.00 bits per heavy atom. The first-order valence-corrected chi connectivity index (χ1v) is 5.28. The number of amides is 1. The van der Waals surface area contributed by atoms with Gasteiger partial charge in [0.1, 0.15) is 5.75 Å². The Labute approximate surface area is 89.3 Å². The van der Waals surface area contributed by atoms with Crippen molar-refractivity contribution in [2.75, 3.05) is 13.1 Å². The van der Waals surface area contributed by atoms with E-state index in [2.05, 4.69) is 0 Å². The van der Waals surface area contributed by atoms with Crippen molar-refractivity contribution >= 4 is 5.91 Å². The highest BCUT2D eigenvalue weighted by atomic mass is 16.3. The zero-order chi connectivity index (χ0) is 10.8. The number of phenolic OH excluding ortho intramolecular Hbond substituents is 1. The predicted octanol–water partition coefficient (Wildman–Crippen LogP) is 1.94. The van der Waals surface area contributed by atoms with Gasteiger partial charge in [0.25, 0.3) is 5.91 Å². The van der Waals surface area contributed by atoms with Gasteiger partial charge in [0, 0.05) is 13.1 Å². The van der Waals surface area contributed by atoms with Crippen LogP contribution in [0.15, 0.2) is 18.2 Å². The molecule has 15 heavy (non-hydrogen) atoms. The third-order valence-electron chi connectivity index (χ3n) is 2.86. The molecule has 0 spiro atoms. The SMILES string of the molecule is Cc1cccc(O)c1C(=O)N1CCCC1. The molecule has 1 heterocycles. The lowest BCUT2D eigenvalue weighted by Gasteiger charge is -2.17. The number of aryl methyl sites for hydroxylation is 1. The molecule has 1 aromatic carbocycles. The fourth-order valence-corrected chi connectivity index (χ4v) is 2.01. The normalized spacial score (nSPS) is 15.7. The van der Waals surface area contributed by atoms with Crippen LogP contribution in [-0.2, 0) is 0 Å². The second-order valence-corrected chi connectivity index (χ2v) is 3.97. The van der Waals surface area contributed by atoms with E-state index < -0.39 is 0 Å². The summed E-state index contributed by atoms with van der Waals surface area (Å²) in [5, 5.41) is 9.67. The Balaban J connectivity index is 2.32. The van der Waals surface area contributed by atoms with E-state index in [9.17, 15) is 9.90 Å². The van der Waals surface area contributed by atoms with Gasteiger partial charge >= 0.3 is 0 Å². The molecule has 1 aromatic rings. The number of carbonyl (C=O) groups is 1. The van der Waals surface area contributed by atoms with E-state index in [1.54, 1.807) is 12.1 Å². The molecule has 1 N–H and O–H groups in total. The van der Waals surface area contributed by atoms with Crippen molar-refractivity contribution in [3.05, 3.63) is 29.3 Å². The zero-order valence-electron chi connectivity index (χ0n) is 8.86. The van der Waals surface area contributed by atoms with Crippen molar-refractivity contribution in [2.24, 2.45) is 0 Å². The van der Waals surface area contributed by atoms with Gasteiger partial charge in [-0.25, -0.2) is 0 Å². The van der Waals surface area contributed by atoms with E-state index in [4.69, 9.17) is 0 Å². The minimum atomic E-state index is -0.0388. The third-order valence-corrected chi connectivity index (χ3v) is 2.86. The van der Waals surface area contributed by atoms with Crippen LogP contribution < -0.4 is 0 Å². The maximum absolute atomic E-state index is 12.1. The van der Waals surface area contributed by atoms with Crippen molar-refractivity contribution in [3.8, 4) is 5.75 Å². The van der Waals surface area contributed by atoms with Crippen molar-refractivity contribution in [2.45, 2.75) is 19.8 Å². The summed E-state index contributed by atoms with van der Waals surface area (Å²) in [6.45, 7) is 3.47. The van der Waals surface area contributed by atoms with E-state index in [0.29, 0.717) is 5.56 Å². The average Bonchev–Trinajstić information content (AvgIpc) is 2.69. The van der Waals surface area contributed by atoms with Gasteiger partial charge < -0.3 is 10.0 Å². The molecule has 80 valence electrons. The van der Waals surface area contributed by atoms with Gasteiger partial charge in [-0.3, -0.25) is 4.79 Å². The summed E-state index contributed by atoms with van der Waals surface area (Å²) in [4.78, 5) is 13.9. The third kappa shape index (κ3) is 1.82. The second kappa shape index (κ2) is 3.93. The largest absolute Gasteiger partial charge is 0.507 e. The van der Waals surface area contributed by atoms with Gasteiger partial charge in [0.05, 0.1) is 5.56 Å². The lowest BCUT2D eigenvalue weighted by atomic mass is 10.1. The summed E-state index contributed by atoms with van der Waals surface area (Å²) >= 11 is 0. The lowest BCUT2D eigenvalue weighted by molar-refractivity contribution is 0.0789. The lowest BCUT2D eigenvalue weighted by Crippen LogP contribution is -2.28. The Morgan fingerprint density at radius 1 is 1.33 bits per heavy atom. The van der Waals surface area contributed by atoms with Crippen LogP contribution in [-0.4, -0.2) is 29.0 Å². The molecule has 1 fully saturated rings. The zero-order valence-corrected chi connectivity index (χ0v) is 8.86. The summed E-state index contributed by atoms with van der Waals surface area (Å²) in [5.41, 5.74) is 1.30. The molecule has 2 rings (SSSR count). The molecule has 0 aliphatic carbocycles. The molecule has 0 radical (unpaired) electrons. The average molecular weight is 205 g/mol. The molecule has 1 amide bonds. The summed E-state index contributed by atoms with van der Waals surface area (Å²) in [5.74, 6) is 0.0509.